The molecule has 0 spiro atoms. The Morgan fingerprint density at radius 1 is 0.148 bits per heavy atom. The number of hydrogen-bond acceptors (Lipinski definition) is 6. The zero-order valence-corrected chi connectivity index (χ0v) is 58.5. The average Bonchev–Trinajstić information content (AvgIpc) is 1.66. The third kappa shape index (κ3) is 11.5. The molecule has 0 bridgehead atoms. The molecule has 0 N–H and O–H groups in total. The second-order valence-electron chi connectivity index (χ2n) is 26.4. The van der Waals surface area contributed by atoms with Gasteiger partial charge in [0.25, 0.3) is 0 Å². The third-order valence-electron chi connectivity index (χ3n) is 20.0. The fourth-order valence-corrected chi connectivity index (χ4v) is 15.2. The van der Waals surface area contributed by atoms with Gasteiger partial charge < -0.3 is 13.7 Å². The average molecular weight is 1390 g/mol. The van der Waals surface area contributed by atoms with Crippen LogP contribution in [-0.2, 0) is 0 Å². The highest BCUT2D eigenvalue weighted by Gasteiger charge is 2.26. The van der Waals surface area contributed by atoms with Crippen molar-refractivity contribution >= 4 is 65.4 Å². The van der Waals surface area contributed by atoms with Gasteiger partial charge in [0, 0.05) is 77.1 Å². The molecule has 12 heteroatoms. The largest absolute Gasteiger partial charge is 0.309 e. The minimum absolute atomic E-state index is 0.808. The van der Waals surface area contributed by atoms with Crippen molar-refractivity contribution in [2.75, 3.05) is 0 Å². The normalized spacial score (nSPS) is 11.3. The highest BCUT2D eigenvalue weighted by molar-refractivity contribution is 6.13. The molecule has 0 saturated carbocycles. The number of benzene rings is 15. The molecule has 0 amide bonds. The molecule has 0 aliphatic rings. The van der Waals surface area contributed by atoms with E-state index in [4.69, 9.17) is 10.2 Å². The molecule has 0 atom stereocenters. The number of para-hydroxylation sites is 9. The lowest BCUT2D eigenvalue weighted by molar-refractivity contribution is 1.03. The lowest BCUT2D eigenvalue weighted by Crippen LogP contribution is -2.06. The first kappa shape index (κ1) is 64.0. The summed E-state index contributed by atoms with van der Waals surface area (Å²) in [6, 6.07) is 139. The van der Waals surface area contributed by atoms with Gasteiger partial charge in [-0.05, 0) is 84.9 Å². The molecule has 6 heterocycles. The van der Waals surface area contributed by atoms with Gasteiger partial charge in [-0.25, -0.2) is 0 Å². The predicted molar refractivity (Wildman–Crippen MR) is 440 cm³/mol. The summed E-state index contributed by atoms with van der Waals surface area (Å²) in [7, 11) is 0. The Kier molecular flexibility index (Phi) is 16.6. The van der Waals surface area contributed by atoms with Crippen LogP contribution in [0.15, 0.2) is 400 Å². The third-order valence-corrected chi connectivity index (χ3v) is 20.0. The summed E-state index contributed by atoms with van der Waals surface area (Å²) in [4.78, 5) is 0. The highest BCUT2D eigenvalue weighted by atomic mass is 15.3. The summed E-state index contributed by atoms with van der Waals surface area (Å²) in [5, 5.41) is 35.4. The standard InChI is InChI=1S/3C32H22N4/c1-4-13-23(14-5-1)31-33-34-32(24-15-6-2-7-16-24)36(31)29-22-12-20-27-26-19-10-11-21-28(26)35(30(27)29)25-17-8-3-9-18-25;1-4-12-23(13-5-1)31-33-34-32(24-14-6-2-7-15-24)36(31)26-20-21-30-28(22-26)27-18-10-11-19-29(27)35(30)25-16-8-3-9-17-25;1-3-13-23(14-4-1)31-33-34-32(24-15-5-2-6-16-24)36(31)30-22-12-11-21-29(30)35-27-19-9-7-17-25(27)26-18-8-10-20-28(26)35/h3*1-22H. The van der Waals surface area contributed by atoms with Crippen molar-refractivity contribution < 1.29 is 0 Å². The quantitative estimate of drug-likeness (QED) is 0.121. The molecule has 12 nitrogen and oxygen atoms in total. The van der Waals surface area contributed by atoms with Crippen molar-refractivity contribution in [1.29, 1.82) is 0 Å². The Hall–Kier alpha value is -14.9. The smallest absolute Gasteiger partial charge is 0.168 e. The summed E-state index contributed by atoms with van der Waals surface area (Å²) in [6.45, 7) is 0. The summed E-state index contributed by atoms with van der Waals surface area (Å²) in [6.07, 6.45) is 0. The molecule has 0 aliphatic carbocycles. The zero-order valence-electron chi connectivity index (χ0n) is 58.5. The van der Waals surface area contributed by atoms with Gasteiger partial charge in [0.2, 0.25) is 0 Å². The first-order chi connectivity index (χ1) is 53.7. The maximum absolute atomic E-state index is 4.71. The first-order valence-corrected chi connectivity index (χ1v) is 36.1. The Balaban J connectivity index is 0.000000110. The predicted octanol–water partition coefficient (Wildman–Crippen LogP) is 23.1. The van der Waals surface area contributed by atoms with E-state index in [0.717, 1.165) is 108 Å². The molecular formula is C96H66N12. The molecule has 108 heavy (non-hydrogen) atoms. The van der Waals surface area contributed by atoms with Crippen LogP contribution >= 0.6 is 0 Å². The Morgan fingerprint density at radius 3 is 0.806 bits per heavy atom. The van der Waals surface area contributed by atoms with E-state index < -0.39 is 0 Å². The van der Waals surface area contributed by atoms with E-state index >= 15 is 0 Å². The van der Waals surface area contributed by atoms with Crippen LogP contribution in [0.1, 0.15) is 0 Å². The molecule has 21 aromatic rings. The van der Waals surface area contributed by atoms with Gasteiger partial charge in [-0.2, -0.15) is 0 Å². The van der Waals surface area contributed by atoms with Gasteiger partial charge >= 0.3 is 0 Å². The molecule has 0 unspecified atom stereocenters. The number of nitrogens with zero attached hydrogens (tertiary/aromatic N) is 12. The van der Waals surface area contributed by atoms with Crippen molar-refractivity contribution in [2.24, 2.45) is 0 Å². The second-order valence-corrected chi connectivity index (χ2v) is 26.4. The van der Waals surface area contributed by atoms with Crippen LogP contribution in [0.3, 0.4) is 0 Å². The number of hydrogen-bond donors (Lipinski definition) is 0. The van der Waals surface area contributed by atoms with E-state index in [-0.39, 0.29) is 0 Å². The molecule has 6 aromatic heterocycles. The molecular weight excluding hydrogens is 1320 g/mol. The lowest BCUT2D eigenvalue weighted by atomic mass is 10.1. The number of aromatic nitrogens is 12. The summed E-state index contributed by atoms with van der Waals surface area (Å²) in [5.74, 6) is 4.88. The summed E-state index contributed by atoms with van der Waals surface area (Å²) < 4.78 is 13.6. The van der Waals surface area contributed by atoms with Gasteiger partial charge in [-0.1, -0.05) is 315 Å². The van der Waals surface area contributed by atoms with E-state index in [0.29, 0.717) is 0 Å². The topological polar surface area (TPSA) is 107 Å². The minimum atomic E-state index is 0.808. The van der Waals surface area contributed by atoms with Gasteiger partial charge in [-0.3, -0.25) is 13.7 Å². The fourth-order valence-electron chi connectivity index (χ4n) is 15.2. The molecule has 0 radical (unpaired) electrons. The van der Waals surface area contributed by atoms with Crippen molar-refractivity contribution in [2.45, 2.75) is 0 Å². The highest BCUT2D eigenvalue weighted by Crippen LogP contribution is 2.42. The van der Waals surface area contributed by atoms with Gasteiger partial charge in [-0.15, -0.1) is 30.6 Å². The maximum atomic E-state index is 4.71. The van der Waals surface area contributed by atoms with Crippen LogP contribution in [0.5, 0.6) is 0 Å². The molecule has 0 fully saturated rings. The number of rotatable bonds is 12. The van der Waals surface area contributed by atoms with Crippen LogP contribution in [0, 0.1) is 0 Å². The lowest BCUT2D eigenvalue weighted by Gasteiger charge is -2.17. The van der Waals surface area contributed by atoms with E-state index in [1.807, 2.05) is 109 Å². The van der Waals surface area contributed by atoms with E-state index in [9.17, 15) is 0 Å². The minimum Gasteiger partial charge on any atom is -0.309 e. The van der Waals surface area contributed by atoms with E-state index in [1.54, 1.807) is 0 Å². The molecule has 510 valence electrons. The van der Waals surface area contributed by atoms with Crippen LogP contribution < -0.4 is 0 Å². The number of fused-ring (bicyclic) bond motifs is 9. The summed E-state index contributed by atoms with van der Waals surface area (Å²) >= 11 is 0. The van der Waals surface area contributed by atoms with Crippen LogP contribution in [0.25, 0.3) is 168 Å². The molecule has 21 rings (SSSR count). The van der Waals surface area contributed by atoms with Crippen molar-refractivity contribution in [3.8, 4) is 102 Å². The van der Waals surface area contributed by atoms with Gasteiger partial charge in [0.05, 0.1) is 55.8 Å². The molecule has 0 saturated heterocycles. The second kappa shape index (κ2) is 28.1. The van der Waals surface area contributed by atoms with Crippen LogP contribution in [0.2, 0.25) is 0 Å². The SMILES string of the molecule is c1ccc(-c2nnc(-c3ccccc3)n2-c2ccc3c(c2)c2ccccc2n3-c2ccccc2)cc1.c1ccc(-c2nnc(-c3ccccc3)n2-c2cccc3c4ccccc4n(-c4ccccc4)c23)cc1.c1ccc(-c2nnc(-c3ccccc3)n2-c2ccccc2-n2c3ccccc3c3ccccc32)cc1. The zero-order chi connectivity index (χ0) is 71.7. The van der Waals surface area contributed by atoms with E-state index in [2.05, 4.69) is 339 Å². The molecule has 0 aliphatic heterocycles. The monoisotopic (exact) mass is 1390 g/mol. The van der Waals surface area contributed by atoms with Gasteiger partial charge in [0.1, 0.15) is 0 Å². The van der Waals surface area contributed by atoms with E-state index in [1.165, 1.54) is 59.9 Å². The van der Waals surface area contributed by atoms with Gasteiger partial charge in [0.15, 0.2) is 34.9 Å². The first-order valence-electron chi connectivity index (χ1n) is 36.1. The summed E-state index contributed by atoms with van der Waals surface area (Å²) in [5.41, 5.74) is 19.5. The Morgan fingerprint density at radius 2 is 0.407 bits per heavy atom. The van der Waals surface area contributed by atoms with Crippen LogP contribution in [-0.4, -0.2) is 58.0 Å². The van der Waals surface area contributed by atoms with Crippen molar-refractivity contribution in [3.63, 3.8) is 0 Å². The van der Waals surface area contributed by atoms with Crippen LogP contribution in [0.4, 0.5) is 0 Å². The Labute approximate surface area is 622 Å². The molecule has 15 aromatic carbocycles. The van der Waals surface area contributed by atoms with Crippen molar-refractivity contribution in [1.82, 2.24) is 58.0 Å². The maximum Gasteiger partial charge on any atom is 0.168 e. The Bertz CT molecular complexity index is 6530. The fraction of sp³-hybridized carbons (Fsp3) is 0. The van der Waals surface area contributed by atoms with Crippen molar-refractivity contribution in [3.05, 3.63) is 400 Å².